The summed E-state index contributed by atoms with van der Waals surface area (Å²) in [5.41, 5.74) is 6.15. The van der Waals surface area contributed by atoms with E-state index in [2.05, 4.69) is 69.6 Å². The standard InChI is InChI=1S/C27H30N6O2/c1-17-13-20-15-22(27(34)28-23(20)14-18(17)2)25(32-11-5-8-19-7-3-4-10-24(19)32)26-29-30-31-33(26)16-21-9-6-12-35-21/h3-4,7,10,13-15,21,25H,5-6,8-9,11-12,16H2,1-2H3,(H,28,34)/t21-,25+/m0/s1. The van der Waals surface area contributed by atoms with Gasteiger partial charge in [0.1, 0.15) is 6.04 Å². The van der Waals surface area contributed by atoms with Gasteiger partial charge in [-0.25, -0.2) is 4.68 Å². The smallest absolute Gasteiger partial charge is 0.254 e. The van der Waals surface area contributed by atoms with Gasteiger partial charge >= 0.3 is 0 Å². The average molecular weight is 471 g/mol. The summed E-state index contributed by atoms with van der Waals surface area (Å²) in [4.78, 5) is 19.0. The van der Waals surface area contributed by atoms with Crippen LogP contribution in [0.25, 0.3) is 10.9 Å². The maximum Gasteiger partial charge on any atom is 0.254 e. The molecule has 2 aliphatic heterocycles. The lowest BCUT2D eigenvalue weighted by molar-refractivity contribution is 0.0924. The zero-order chi connectivity index (χ0) is 23.9. The van der Waals surface area contributed by atoms with Crippen molar-refractivity contribution in [1.29, 1.82) is 0 Å². The molecule has 35 heavy (non-hydrogen) atoms. The summed E-state index contributed by atoms with van der Waals surface area (Å²) in [7, 11) is 0. The summed E-state index contributed by atoms with van der Waals surface area (Å²) in [6.45, 7) is 6.33. The number of rotatable bonds is 5. The van der Waals surface area contributed by atoms with Gasteiger partial charge in [-0.2, -0.15) is 0 Å². The van der Waals surface area contributed by atoms with Gasteiger partial charge in [0.05, 0.1) is 12.6 Å². The van der Waals surface area contributed by atoms with E-state index >= 15 is 0 Å². The van der Waals surface area contributed by atoms with Gasteiger partial charge in [-0.05, 0) is 96.3 Å². The molecule has 180 valence electrons. The molecule has 2 aromatic carbocycles. The molecule has 4 aromatic rings. The Morgan fingerprint density at radius 1 is 1.14 bits per heavy atom. The molecule has 8 nitrogen and oxygen atoms in total. The van der Waals surface area contributed by atoms with Crippen LogP contribution in [-0.4, -0.2) is 44.4 Å². The molecule has 2 aromatic heterocycles. The molecule has 0 unspecified atom stereocenters. The van der Waals surface area contributed by atoms with E-state index in [1.54, 1.807) is 0 Å². The molecule has 8 heteroatoms. The lowest BCUT2D eigenvalue weighted by Crippen LogP contribution is -2.39. The van der Waals surface area contributed by atoms with E-state index in [1.165, 1.54) is 11.1 Å². The van der Waals surface area contributed by atoms with Crippen LogP contribution in [0.5, 0.6) is 0 Å². The van der Waals surface area contributed by atoms with Crippen LogP contribution < -0.4 is 10.5 Å². The molecule has 0 bridgehead atoms. The third-order valence-electron chi connectivity index (χ3n) is 7.44. The molecule has 1 N–H and O–H groups in total. The van der Waals surface area contributed by atoms with Crippen molar-refractivity contribution in [2.45, 2.75) is 58.2 Å². The number of pyridine rings is 1. The Kier molecular flexibility index (Phi) is 5.60. The molecular formula is C27H30N6O2. The number of hydrogen-bond donors (Lipinski definition) is 1. The van der Waals surface area contributed by atoms with E-state index in [0.717, 1.165) is 61.0 Å². The van der Waals surface area contributed by atoms with Crippen molar-refractivity contribution in [2.24, 2.45) is 0 Å². The van der Waals surface area contributed by atoms with Crippen molar-refractivity contribution in [3.05, 3.63) is 80.9 Å². The molecule has 0 amide bonds. The average Bonchev–Trinajstić information content (AvgIpc) is 3.54. The number of ether oxygens (including phenoxy) is 1. The summed E-state index contributed by atoms with van der Waals surface area (Å²) in [5.74, 6) is 0.672. The fourth-order valence-electron chi connectivity index (χ4n) is 5.49. The first-order chi connectivity index (χ1) is 17.1. The second kappa shape index (κ2) is 8.92. The minimum absolute atomic E-state index is 0.0899. The quantitative estimate of drug-likeness (QED) is 0.477. The van der Waals surface area contributed by atoms with Crippen molar-refractivity contribution in [1.82, 2.24) is 25.2 Å². The number of aromatic nitrogens is 5. The second-order valence-electron chi connectivity index (χ2n) is 9.76. The maximum absolute atomic E-state index is 13.6. The van der Waals surface area contributed by atoms with Crippen molar-refractivity contribution < 1.29 is 4.74 Å². The number of aromatic amines is 1. The fourth-order valence-corrected chi connectivity index (χ4v) is 5.49. The summed E-state index contributed by atoms with van der Waals surface area (Å²) in [6.07, 6.45) is 4.16. The molecule has 2 aliphatic rings. The summed E-state index contributed by atoms with van der Waals surface area (Å²) < 4.78 is 7.71. The van der Waals surface area contributed by atoms with Gasteiger partial charge in [-0.1, -0.05) is 18.2 Å². The first kappa shape index (κ1) is 22.0. The normalized spacial score (nSPS) is 18.7. The predicted octanol–water partition coefficient (Wildman–Crippen LogP) is 3.85. The fraction of sp³-hybridized carbons (Fsp3) is 0.407. The number of fused-ring (bicyclic) bond motifs is 2. The Morgan fingerprint density at radius 2 is 2.00 bits per heavy atom. The van der Waals surface area contributed by atoms with Crippen LogP contribution in [-0.2, 0) is 17.7 Å². The van der Waals surface area contributed by atoms with Gasteiger partial charge < -0.3 is 14.6 Å². The van der Waals surface area contributed by atoms with Gasteiger partial charge in [0.15, 0.2) is 5.82 Å². The van der Waals surface area contributed by atoms with Gasteiger partial charge in [-0.3, -0.25) is 4.79 Å². The third-order valence-corrected chi connectivity index (χ3v) is 7.44. The number of benzene rings is 2. The van der Waals surface area contributed by atoms with Gasteiger partial charge in [0.25, 0.3) is 5.56 Å². The van der Waals surface area contributed by atoms with Gasteiger partial charge in [0, 0.05) is 29.9 Å². The monoisotopic (exact) mass is 470 g/mol. The highest BCUT2D eigenvalue weighted by Gasteiger charge is 2.34. The number of H-pyrrole nitrogens is 1. The van der Waals surface area contributed by atoms with Crippen LogP contribution >= 0.6 is 0 Å². The SMILES string of the molecule is Cc1cc2cc([C@H](c3nnnn3C[C@@H]3CCCO3)N3CCCc4ccccc43)c(=O)[nH]c2cc1C. The lowest BCUT2D eigenvalue weighted by Gasteiger charge is -2.37. The molecule has 0 aliphatic carbocycles. The first-order valence-electron chi connectivity index (χ1n) is 12.4. The molecular weight excluding hydrogens is 440 g/mol. The summed E-state index contributed by atoms with van der Waals surface area (Å²) in [6, 6.07) is 14.2. The predicted molar refractivity (Wildman–Crippen MR) is 135 cm³/mol. The van der Waals surface area contributed by atoms with E-state index in [9.17, 15) is 4.79 Å². The molecule has 4 heterocycles. The minimum atomic E-state index is -0.414. The van der Waals surface area contributed by atoms with Crippen LogP contribution in [0.3, 0.4) is 0 Å². The maximum atomic E-state index is 13.6. The van der Waals surface area contributed by atoms with E-state index in [-0.39, 0.29) is 11.7 Å². The van der Waals surface area contributed by atoms with Gasteiger partial charge in [0.2, 0.25) is 0 Å². The lowest BCUT2D eigenvalue weighted by atomic mass is 9.96. The number of para-hydroxylation sites is 1. The molecule has 2 atom stereocenters. The number of nitrogens with zero attached hydrogens (tertiary/aromatic N) is 5. The van der Waals surface area contributed by atoms with E-state index in [0.29, 0.717) is 17.9 Å². The molecule has 1 fully saturated rings. The van der Waals surface area contributed by atoms with Crippen molar-refractivity contribution in [3.63, 3.8) is 0 Å². The van der Waals surface area contributed by atoms with Crippen LogP contribution in [0.15, 0.2) is 47.3 Å². The number of nitrogens with one attached hydrogen (secondary N) is 1. The molecule has 1 saturated heterocycles. The number of hydrogen-bond acceptors (Lipinski definition) is 6. The Bertz CT molecular complexity index is 1440. The summed E-state index contributed by atoms with van der Waals surface area (Å²) in [5, 5.41) is 13.9. The first-order valence-corrected chi connectivity index (χ1v) is 12.4. The number of aryl methyl sites for hydroxylation is 3. The Balaban J connectivity index is 1.53. The van der Waals surface area contributed by atoms with Gasteiger partial charge in [-0.15, -0.1) is 5.10 Å². The molecule has 0 saturated carbocycles. The van der Waals surface area contributed by atoms with Crippen LogP contribution in [0.2, 0.25) is 0 Å². The minimum Gasteiger partial charge on any atom is -0.376 e. The summed E-state index contributed by atoms with van der Waals surface area (Å²) >= 11 is 0. The number of anilines is 1. The zero-order valence-electron chi connectivity index (χ0n) is 20.2. The molecule has 6 rings (SSSR count). The number of tetrazole rings is 1. The van der Waals surface area contributed by atoms with Crippen LogP contribution in [0.1, 0.15) is 53.4 Å². The highest BCUT2D eigenvalue weighted by atomic mass is 16.5. The second-order valence-corrected chi connectivity index (χ2v) is 9.76. The molecule has 0 radical (unpaired) electrons. The topological polar surface area (TPSA) is 88.9 Å². The highest BCUT2D eigenvalue weighted by molar-refractivity contribution is 5.81. The van der Waals surface area contributed by atoms with E-state index in [1.807, 2.05) is 16.8 Å². The van der Waals surface area contributed by atoms with E-state index < -0.39 is 6.04 Å². The highest BCUT2D eigenvalue weighted by Crippen LogP contribution is 2.37. The third kappa shape index (κ3) is 4.01. The zero-order valence-corrected chi connectivity index (χ0v) is 20.2. The van der Waals surface area contributed by atoms with Crippen molar-refractivity contribution >= 4 is 16.6 Å². The van der Waals surface area contributed by atoms with E-state index in [4.69, 9.17) is 4.74 Å². The van der Waals surface area contributed by atoms with Crippen molar-refractivity contribution in [3.8, 4) is 0 Å². The van der Waals surface area contributed by atoms with Crippen molar-refractivity contribution in [2.75, 3.05) is 18.1 Å². The Labute approximate surface area is 203 Å². The van der Waals surface area contributed by atoms with Crippen LogP contribution in [0.4, 0.5) is 5.69 Å². The Morgan fingerprint density at radius 3 is 2.86 bits per heavy atom. The Hall–Kier alpha value is -3.52. The molecule has 0 spiro atoms. The van der Waals surface area contributed by atoms with Crippen LogP contribution in [0, 0.1) is 13.8 Å². The largest absolute Gasteiger partial charge is 0.376 e.